The normalized spacial score (nSPS) is 13.8. The molecule has 9 heteroatoms. The molecule has 5 rings (SSSR count). The summed E-state index contributed by atoms with van der Waals surface area (Å²) in [6.07, 6.45) is 3.34. The lowest BCUT2D eigenvalue weighted by Gasteiger charge is -2.37. The van der Waals surface area contributed by atoms with Gasteiger partial charge < -0.3 is 14.1 Å². The number of fused-ring (bicyclic) bond motifs is 1. The predicted molar refractivity (Wildman–Crippen MR) is 175 cm³/mol. The highest BCUT2D eigenvalue weighted by Crippen LogP contribution is 2.39. The van der Waals surface area contributed by atoms with E-state index in [1.165, 1.54) is 11.6 Å². The smallest absolute Gasteiger partial charge is 0.272 e. The number of benzene rings is 2. The molecular formula is C35H43FN4O3Si. The number of amides is 1. The molecular weight excluding hydrogens is 571 g/mol. The molecule has 0 unspecified atom stereocenters. The summed E-state index contributed by atoms with van der Waals surface area (Å²) >= 11 is 0. The first-order valence-electron chi connectivity index (χ1n) is 15.3. The van der Waals surface area contributed by atoms with Crippen LogP contribution in [0.4, 0.5) is 4.39 Å². The van der Waals surface area contributed by atoms with E-state index < -0.39 is 14.1 Å². The predicted octanol–water partition coefficient (Wildman–Crippen LogP) is 7.93. The van der Waals surface area contributed by atoms with Gasteiger partial charge in [-0.15, -0.1) is 0 Å². The maximum atomic E-state index is 15.9. The van der Waals surface area contributed by atoms with Crippen molar-refractivity contribution in [3.8, 4) is 28.1 Å². The Hall–Kier alpha value is -3.82. The van der Waals surface area contributed by atoms with Gasteiger partial charge in [0.1, 0.15) is 29.6 Å². The summed E-state index contributed by atoms with van der Waals surface area (Å²) < 4.78 is 30.0. The molecule has 0 radical (unpaired) electrons. The Labute approximate surface area is 261 Å². The average Bonchev–Trinajstić information content (AvgIpc) is 3.37. The lowest BCUT2D eigenvalue weighted by Crippen LogP contribution is -2.46. The molecule has 0 saturated carbocycles. The largest absolute Gasteiger partial charge is 0.489 e. The Morgan fingerprint density at radius 2 is 1.70 bits per heavy atom. The standard InChI is InChI=1S/C35H43FN4O3Si/c1-24(2)26-10-8-25(9-11-26)23-42-28-12-13-29(30(36)22-28)31-32(27-14-16-37-17-15-27)38-40-19-18-39(34(41)33(31)40)20-21-43-44(6,7)35(3,4)5/h8-17,22,24H,18-21,23H2,1-7H3. The quantitative estimate of drug-likeness (QED) is 0.170. The van der Waals surface area contributed by atoms with Gasteiger partial charge in [-0.1, -0.05) is 58.9 Å². The van der Waals surface area contributed by atoms with Crippen LogP contribution in [0.5, 0.6) is 5.75 Å². The molecule has 0 fully saturated rings. The molecule has 2 aromatic carbocycles. The van der Waals surface area contributed by atoms with Gasteiger partial charge in [0.25, 0.3) is 5.91 Å². The van der Waals surface area contributed by atoms with Crippen molar-refractivity contribution in [2.45, 2.75) is 71.8 Å². The van der Waals surface area contributed by atoms with Gasteiger partial charge in [0.15, 0.2) is 8.32 Å². The molecule has 2 aromatic heterocycles. The van der Waals surface area contributed by atoms with Gasteiger partial charge >= 0.3 is 0 Å². The number of rotatable bonds is 10. The molecule has 3 heterocycles. The highest BCUT2D eigenvalue weighted by molar-refractivity contribution is 6.74. The topological polar surface area (TPSA) is 69.5 Å². The van der Waals surface area contributed by atoms with Gasteiger partial charge in [0, 0.05) is 48.2 Å². The highest BCUT2D eigenvalue weighted by atomic mass is 28.4. The van der Waals surface area contributed by atoms with E-state index in [9.17, 15) is 4.79 Å². The summed E-state index contributed by atoms with van der Waals surface area (Å²) in [5.41, 5.74) is 4.75. The SMILES string of the molecule is CC(C)c1ccc(COc2ccc(-c3c(-c4ccncc4)nn4c3C(=O)N(CCO[Si](C)(C)C(C)(C)C)CC4)c(F)c2)cc1. The van der Waals surface area contributed by atoms with Crippen LogP contribution < -0.4 is 4.74 Å². The van der Waals surface area contributed by atoms with E-state index >= 15 is 4.39 Å². The molecule has 44 heavy (non-hydrogen) atoms. The van der Waals surface area contributed by atoms with Crippen molar-refractivity contribution in [1.82, 2.24) is 19.7 Å². The summed E-state index contributed by atoms with van der Waals surface area (Å²) in [6, 6.07) is 16.7. The second-order valence-electron chi connectivity index (χ2n) is 13.3. The second kappa shape index (κ2) is 12.7. The van der Waals surface area contributed by atoms with Gasteiger partial charge in [-0.3, -0.25) is 14.5 Å². The van der Waals surface area contributed by atoms with Crippen molar-refractivity contribution in [2.75, 3.05) is 19.7 Å². The molecule has 0 aliphatic carbocycles. The van der Waals surface area contributed by atoms with Crippen molar-refractivity contribution >= 4 is 14.2 Å². The minimum Gasteiger partial charge on any atom is -0.489 e. The number of hydrogen-bond donors (Lipinski definition) is 0. The van der Waals surface area contributed by atoms with Gasteiger partial charge in [-0.2, -0.15) is 5.10 Å². The van der Waals surface area contributed by atoms with E-state index in [1.807, 2.05) is 24.3 Å². The second-order valence-corrected chi connectivity index (χ2v) is 18.1. The van der Waals surface area contributed by atoms with Crippen molar-refractivity contribution in [3.05, 3.63) is 89.6 Å². The van der Waals surface area contributed by atoms with Gasteiger partial charge in [-0.05, 0) is 59.4 Å². The number of pyridine rings is 1. The molecule has 1 aliphatic rings. The summed E-state index contributed by atoms with van der Waals surface area (Å²) in [4.78, 5) is 19.9. The van der Waals surface area contributed by atoms with E-state index in [2.05, 4.69) is 64.8 Å². The molecule has 0 saturated heterocycles. The fourth-order valence-corrected chi connectivity index (χ4v) is 6.10. The summed E-state index contributed by atoms with van der Waals surface area (Å²) in [6.45, 7) is 17.6. The van der Waals surface area contributed by atoms with Crippen LogP contribution in [0.1, 0.15) is 62.2 Å². The van der Waals surface area contributed by atoms with Crippen LogP contribution in [0.25, 0.3) is 22.4 Å². The number of nitrogens with zero attached hydrogens (tertiary/aromatic N) is 4. The number of carbonyl (C=O) groups excluding carboxylic acids is 1. The number of aromatic nitrogens is 3. The first-order valence-corrected chi connectivity index (χ1v) is 18.2. The van der Waals surface area contributed by atoms with Crippen molar-refractivity contribution in [1.29, 1.82) is 0 Å². The first kappa shape index (κ1) is 31.6. The highest BCUT2D eigenvalue weighted by Gasteiger charge is 2.38. The van der Waals surface area contributed by atoms with E-state index in [1.54, 1.807) is 34.1 Å². The van der Waals surface area contributed by atoms with Crippen LogP contribution in [0.3, 0.4) is 0 Å². The Kier molecular flexibility index (Phi) is 9.09. The minimum absolute atomic E-state index is 0.0793. The third-order valence-corrected chi connectivity index (χ3v) is 13.4. The first-order chi connectivity index (χ1) is 20.9. The zero-order valence-corrected chi connectivity index (χ0v) is 27.9. The van der Waals surface area contributed by atoms with Crippen molar-refractivity contribution < 1.29 is 18.3 Å². The lowest BCUT2D eigenvalue weighted by molar-refractivity contribution is 0.0666. The monoisotopic (exact) mass is 614 g/mol. The van der Waals surface area contributed by atoms with E-state index in [0.717, 1.165) is 11.1 Å². The lowest BCUT2D eigenvalue weighted by atomic mass is 9.97. The van der Waals surface area contributed by atoms with Crippen LogP contribution in [-0.2, 0) is 17.6 Å². The van der Waals surface area contributed by atoms with Crippen LogP contribution in [0, 0.1) is 5.82 Å². The van der Waals surface area contributed by atoms with Crippen molar-refractivity contribution in [2.24, 2.45) is 0 Å². The molecule has 1 amide bonds. The number of ether oxygens (including phenoxy) is 1. The summed E-state index contributed by atoms with van der Waals surface area (Å²) in [5, 5.41) is 4.89. The van der Waals surface area contributed by atoms with Crippen LogP contribution in [-0.4, -0.2) is 53.6 Å². The fourth-order valence-electron chi connectivity index (χ4n) is 5.07. The molecule has 1 aliphatic heterocycles. The Morgan fingerprint density at radius 3 is 2.34 bits per heavy atom. The summed E-state index contributed by atoms with van der Waals surface area (Å²) in [7, 11) is -1.96. The van der Waals surface area contributed by atoms with Gasteiger partial charge in [0.2, 0.25) is 0 Å². The molecule has 4 aromatic rings. The summed E-state index contributed by atoms with van der Waals surface area (Å²) in [5.74, 6) is 0.214. The zero-order valence-electron chi connectivity index (χ0n) is 26.9. The molecule has 0 spiro atoms. The third-order valence-electron chi connectivity index (χ3n) is 8.87. The van der Waals surface area contributed by atoms with Gasteiger partial charge in [0.05, 0.1) is 13.2 Å². The van der Waals surface area contributed by atoms with Crippen molar-refractivity contribution in [3.63, 3.8) is 0 Å². The zero-order chi connectivity index (χ0) is 31.6. The van der Waals surface area contributed by atoms with Crippen LogP contribution in [0.2, 0.25) is 18.1 Å². The molecule has 0 atom stereocenters. The van der Waals surface area contributed by atoms with Crippen LogP contribution >= 0.6 is 0 Å². The number of halogens is 1. The molecule has 232 valence electrons. The Bertz CT molecular complexity index is 1610. The average molecular weight is 615 g/mol. The third kappa shape index (κ3) is 6.64. The maximum absolute atomic E-state index is 15.9. The molecule has 0 N–H and O–H groups in total. The number of hydrogen-bond acceptors (Lipinski definition) is 5. The van der Waals surface area contributed by atoms with E-state index in [0.29, 0.717) is 67.0 Å². The fraction of sp³-hybridized carbons (Fsp3) is 0.400. The number of carbonyl (C=O) groups is 1. The minimum atomic E-state index is -1.96. The van der Waals surface area contributed by atoms with E-state index in [-0.39, 0.29) is 10.9 Å². The Balaban J connectivity index is 1.42. The van der Waals surface area contributed by atoms with E-state index in [4.69, 9.17) is 14.3 Å². The molecule has 7 nitrogen and oxygen atoms in total. The van der Waals surface area contributed by atoms with Crippen LogP contribution in [0.15, 0.2) is 67.0 Å². The molecule has 0 bridgehead atoms. The maximum Gasteiger partial charge on any atom is 0.272 e. The Morgan fingerprint density at radius 1 is 1.00 bits per heavy atom. The van der Waals surface area contributed by atoms with Gasteiger partial charge in [-0.25, -0.2) is 4.39 Å².